The van der Waals surface area contributed by atoms with Gasteiger partial charge in [0, 0.05) is 29.9 Å². The Morgan fingerprint density at radius 2 is 2.20 bits per heavy atom. The van der Waals surface area contributed by atoms with E-state index < -0.39 is 11.7 Å². The van der Waals surface area contributed by atoms with Crippen molar-refractivity contribution in [3.63, 3.8) is 0 Å². The molecule has 0 saturated carbocycles. The molecule has 0 aliphatic heterocycles. The average molecular weight is 273 g/mol. The second-order valence-corrected chi connectivity index (χ2v) is 4.53. The number of hydrogen-bond acceptors (Lipinski definition) is 3. The molecule has 104 valence electrons. The van der Waals surface area contributed by atoms with Crippen molar-refractivity contribution in [2.75, 3.05) is 0 Å². The molecule has 5 heteroatoms. The van der Waals surface area contributed by atoms with Crippen molar-refractivity contribution in [1.82, 2.24) is 10.3 Å². The van der Waals surface area contributed by atoms with Crippen molar-refractivity contribution < 1.29 is 9.18 Å². The third kappa shape index (κ3) is 3.39. The summed E-state index contributed by atoms with van der Waals surface area (Å²) in [5, 5.41) is 3.19. The van der Waals surface area contributed by atoms with Gasteiger partial charge >= 0.3 is 0 Å². The third-order valence-electron chi connectivity index (χ3n) is 3.07. The molecule has 0 fully saturated rings. The summed E-state index contributed by atoms with van der Waals surface area (Å²) < 4.78 is 13.8. The topological polar surface area (TPSA) is 68.0 Å². The van der Waals surface area contributed by atoms with Crippen molar-refractivity contribution in [3.8, 4) is 0 Å². The van der Waals surface area contributed by atoms with Crippen molar-refractivity contribution >= 4 is 5.91 Å². The first-order valence-electron chi connectivity index (χ1n) is 6.30. The molecule has 0 spiro atoms. The second kappa shape index (κ2) is 6.25. The van der Waals surface area contributed by atoms with Crippen LogP contribution in [0.15, 0.2) is 42.6 Å². The zero-order valence-corrected chi connectivity index (χ0v) is 11.1. The van der Waals surface area contributed by atoms with E-state index in [1.165, 1.54) is 6.07 Å². The zero-order valence-electron chi connectivity index (χ0n) is 11.1. The molecule has 1 aromatic heterocycles. The van der Waals surface area contributed by atoms with Crippen molar-refractivity contribution in [2.24, 2.45) is 5.73 Å². The summed E-state index contributed by atoms with van der Waals surface area (Å²) in [5.41, 5.74) is 6.65. The molecule has 0 unspecified atom stereocenters. The molecule has 1 atom stereocenters. The molecule has 0 aliphatic rings. The van der Waals surface area contributed by atoms with Gasteiger partial charge in [-0.1, -0.05) is 12.1 Å². The predicted molar refractivity (Wildman–Crippen MR) is 74.4 cm³/mol. The van der Waals surface area contributed by atoms with E-state index >= 15 is 0 Å². The molecule has 1 aromatic carbocycles. The number of hydrogen-bond donors (Lipinski definition) is 2. The predicted octanol–water partition coefficient (Wildman–Crippen LogP) is 2.17. The van der Waals surface area contributed by atoms with Crippen LogP contribution in [0.2, 0.25) is 0 Å². The summed E-state index contributed by atoms with van der Waals surface area (Å²) in [6.07, 6.45) is 1.72. The Balaban J connectivity index is 2.02. The van der Waals surface area contributed by atoms with Crippen LogP contribution < -0.4 is 11.1 Å². The fraction of sp³-hybridized carbons (Fsp3) is 0.200. The van der Waals surface area contributed by atoms with E-state index in [2.05, 4.69) is 10.3 Å². The fourth-order valence-electron chi connectivity index (χ4n) is 1.84. The van der Waals surface area contributed by atoms with Crippen LogP contribution in [0.5, 0.6) is 0 Å². The maximum atomic E-state index is 13.8. The first kappa shape index (κ1) is 14.1. The number of carbonyl (C=O) groups excluding carboxylic acids is 1. The second-order valence-electron chi connectivity index (χ2n) is 4.53. The van der Waals surface area contributed by atoms with Crippen molar-refractivity contribution in [1.29, 1.82) is 0 Å². The van der Waals surface area contributed by atoms with E-state index in [0.717, 1.165) is 11.8 Å². The lowest BCUT2D eigenvalue weighted by Gasteiger charge is -2.13. The van der Waals surface area contributed by atoms with Crippen LogP contribution in [-0.2, 0) is 6.54 Å². The summed E-state index contributed by atoms with van der Waals surface area (Å²) >= 11 is 0. The molecule has 20 heavy (non-hydrogen) atoms. The highest BCUT2D eigenvalue weighted by Gasteiger charge is 2.09. The smallest absolute Gasteiger partial charge is 0.248 e. The SMILES string of the molecule is C[C@@H](NCc1ccc(C(N)=O)cc1F)c1ccccn1. The Morgan fingerprint density at radius 1 is 1.40 bits per heavy atom. The molecule has 2 rings (SSSR count). The quantitative estimate of drug-likeness (QED) is 0.877. The number of pyridine rings is 1. The highest BCUT2D eigenvalue weighted by molar-refractivity contribution is 5.92. The Hall–Kier alpha value is -2.27. The molecule has 2 aromatic rings. The number of primary amides is 1. The summed E-state index contributed by atoms with van der Waals surface area (Å²) in [4.78, 5) is 15.2. The lowest BCUT2D eigenvalue weighted by molar-refractivity contribution is 0.1000. The normalized spacial score (nSPS) is 12.1. The minimum absolute atomic E-state index is 0.00594. The van der Waals surface area contributed by atoms with Crippen LogP contribution in [0.4, 0.5) is 4.39 Å². The molecular formula is C15H16FN3O. The minimum Gasteiger partial charge on any atom is -0.366 e. The Morgan fingerprint density at radius 3 is 2.80 bits per heavy atom. The van der Waals surface area contributed by atoms with E-state index in [9.17, 15) is 9.18 Å². The Kier molecular flexibility index (Phi) is 4.42. The van der Waals surface area contributed by atoms with E-state index in [-0.39, 0.29) is 11.6 Å². The number of carbonyl (C=O) groups is 1. The lowest BCUT2D eigenvalue weighted by Crippen LogP contribution is -2.20. The molecule has 0 radical (unpaired) electrons. The first-order chi connectivity index (χ1) is 9.58. The number of rotatable bonds is 5. The van der Waals surface area contributed by atoms with Gasteiger partial charge in [0.05, 0.1) is 5.69 Å². The molecule has 1 heterocycles. The van der Waals surface area contributed by atoms with Crippen LogP contribution in [0.25, 0.3) is 0 Å². The van der Waals surface area contributed by atoms with Crippen LogP contribution in [0.3, 0.4) is 0 Å². The number of aromatic nitrogens is 1. The molecule has 0 saturated heterocycles. The monoisotopic (exact) mass is 273 g/mol. The van der Waals surface area contributed by atoms with Gasteiger partial charge in [0.2, 0.25) is 5.91 Å². The number of amides is 1. The number of nitrogens with two attached hydrogens (primary N) is 1. The van der Waals surface area contributed by atoms with Crippen molar-refractivity contribution in [2.45, 2.75) is 19.5 Å². The van der Waals surface area contributed by atoms with Gasteiger partial charge in [-0.05, 0) is 31.2 Å². The number of halogens is 1. The van der Waals surface area contributed by atoms with Gasteiger partial charge in [-0.15, -0.1) is 0 Å². The molecule has 3 N–H and O–H groups in total. The Labute approximate surface area is 116 Å². The van der Waals surface area contributed by atoms with Gasteiger partial charge < -0.3 is 11.1 Å². The summed E-state index contributed by atoms with van der Waals surface area (Å²) in [6, 6.07) is 9.91. The van der Waals surface area contributed by atoms with Gasteiger partial charge in [-0.2, -0.15) is 0 Å². The van der Waals surface area contributed by atoms with Crippen LogP contribution in [0, 0.1) is 5.82 Å². The summed E-state index contributed by atoms with van der Waals surface area (Å²) in [6.45, 7) is 2.31. The number of benzene rings is 1. The van der Waals surface area contributed by atoms with Gasteiger partial charge in [0.1, 0.15) is 5.82 Å². The zero-order chi connectivity index (χ0) is 14.5. The minimum atomic E-state index is -0.634. The van der Waals surface area contributed by atoms with Crippen LogP contribution >= 0.6 is 0 Å². The average Bonchev–Trinajstić information content (AvgIpc) is 2.46. The highest BCUT2D eigenvalue weighted by atomic mass is 19.1. The summed E-state index contributed by atoms with van der Waals surface area (Å²) in [5.74, 6) is -1.08. The molecule has 0 aliphatic carbocycles. The Bertz CT molecular complexity index is 601. The van der Waals surface area contributed by atoms with E-state index in [1.807, 2.05) is 25.1 Å². The first-order valence-corrected chi connectivity index (χ1v) is 6.30. The van der Waals surface area contributed by atoms with Crippen LogP contribution in [-0.4, -0.2) is 10.9 Å². The maximum absolute atomic E-state index is 13.8. The lowest BCUT2D eigenvalue weighted by atomic mass is 10.1. The van der Waals surface area contributed by atoms with Crippen molar-refractivity contribution in [3.05, 3.63) is 65.2 Å². The highest BCUT2D eigenvalue weighted by Crippen LogP contribution is 2.13. The van der Waals surface area contributed by atoms with Gasteiger partial charge in [0.25, 0.3) is 0 Å². The maximum Gasteiger partial charge on any atom is 0.248 e. The molecular weight excluding hydrogens is 257 g/mol. The van der Waals surface area contributed by atoms with Gasteiger partial charge in [0.15, 0.2) is 0 Å². The van der Waals surface area contributed by atoms with Crippen LogP contribution in [0.1, 0.15) is 34.6 Å². The number of nitrogens with zero attached hydrogens (tertiary/aromatic N) is 1. The standard InChI is InChI=1S/C15H16FN3O/c1-10(14-4-2-3-7-18-14)19-9-12-6-5-11(15(17)20)8-13(12)16/h2-8,10,19H,9H2,1H3,(H2,17,20)/t10-/m1/s1. The van der Waals surface area contributed by atoms with E-state index in [1.54, 1.807) is 12.3 Å². The fourth-order valence-corrected chi connectivity index (χ4v) is 1.84. The summed E-state index contributed by atoms with van der Waals surface area (Å²) in [7, 11) is 0. The van der Waals surface area contributed by atoms with Gasteiger partial charge in [-0.3, -0.25) is 9.78 Å². The van der Waals surface area contributed by atoms with E-state index in [4.69, 9.17) is 5.73 Å². The number of nitrogens with one attached hydrogen (secondary N) is 1. The van der Waals surface area contributed by atoms with E-state index in [0.29, 0.717) is 12.1 Å². The third-order valence-corrected chi connectivity index (χ3v) is 3.07. The van der Waals surface area contributed by atoms with Gasteiger partial charge in [-0.25, -0.2) is 4.39 Å². The molecule has 4 nitrogen and oxygen atoms in total. The molecule has 0 bridgehead atoms. The largest absolute Gasteiger partial charge is 0.366 e. The molecule has 1 amide bonds.